The van der Waals surface area contributed by atoms with Crippen molar-refractivity contribution >= 4 is 0 Å². The summed E-state index contributed by atoms with van der Waals surface area (Å²) < 4.78 is 0. The lowest BCUT2D eigenvalue weighted by atomic mass is 9.54. The standard InChI is InChI=1S/C15H24O2/c1-9-5-6-11-8-14(17)10(2)7-12(16)15(9,14)13(11,3)4/h5,10-12,16-17H,6-8H2,1-4H3/t10-,11?,12-,14+,15?/m1/s1. The van der Waals surface area contributed by atoms with Gasteiger partial charge in [0.05, 0.1) is 17.1 Å². The van der Waals surface area contributed by atoms with Gasteiger partial charge in [0.2, 0.25) is 0 Å². The Labute approximate surface area is 104 Å². The molecule has 2 fully saturated rings. The maximum atomic E-state index is 11.2. The van der Waals surface area contributed by atoms with Crippen molar-refractivity contribution in [2.75, 3.05) is 0 Å². The summed E-state index contributed by atoms with van der Waals surface area (Å²) in [7, 11) is 0. The fourth-order valence-electron chi connectivity index (χ4n) is 5.66. The molecule has 3 aliphatic rings. The van der Waals surface area contributed by atoms with Gasteiger partial charge in [-0.2, -0.15) is 0 Å². The molecule has 5 atom stereocenters. The van der Waals surface area contributed by atoms with Crippen LogP contribution in [0, 0.1) is 22.7 Å². The third kappa shape index (κ3) is 0.943. The minimum atomic E-state index is -0.697. The SMILES string of the molecule is CC1=CCC2C[C@]3(O)[C@H](C)C[C@@H](O)C13C2(C)C. The second-order valence-corrected chi connectivity index (χ2v) is 7.13. The maximum absolute atomic E-state index is 11.2. The van der Waals surface area contributed by atoms with Crippen LogP contribution in [0.15, 0.2) is 11.6 Å². The Bertz CT molecular complexity index is 398. The monoisotopic (exact) mass is 236 g/mol. The van der Waals surface area contributed by atoms with Crippen LogP contribution in [0.5, 0.6) is 0 Å². The lowest BCUT2D eigenvalue weighted by Gasteiger charge is -2.52. The fraction of sp³-hybridized carbons (Fsp3) is 0.867. The molecule has 0 aromatic heterocycles. The van der Waals surface area contributed by atoms with E-state index in [1.807, 2.05) is 0 Å². The fourth-order valence-corrected chi connectivity index (χ4v) is 5.66. The van der Waals surface area contributed by atoms with Crippen LogP contribution in [-0.2, 0) is 0 Å². The molecule has 2 N–H and O–H groups in total. The molecule has 2 unspecified atom stereocenters. The highest BCUT2D eigenvalue weighted by Gasteiger charge is 2.76. The van der Waals surface area contributed by atoms with E-state index >= 15 is 0 Å². The summed E-state index contributed by atoms with van der Waals surface area (Å²) in [4.78, 5) is 0. The smallest absolute Gasteiger partial charge is 0.0800 e. The number of hydrogen-bond acceptors (Lipinski definition) is 2. The highest BCUT2D eigenvalue weighted by molar-refractivity contribution is 5.38. The van der Waals surface area contributed by atoms with Crippen molar-refractivity contribution < 1.29 is 10.2 Å². The Morgan fingerprint density at radius 1 is 1.35 bits per heavy atom. The van der Waals surface area contributed by atoms with Crippen molar-refractivity contribution in [3.05, 3.63) is 11.6 Å². The molecule has 0 radical (unpaired) electrons. The molecule has 0 heterocycles. The molecule has 2 saturated carbocycles. The van der Waals surface area contributed by atoms with E-state index in [9.17, 15) is 10.2 Å². The number of aliphatic hydroxyl groups is 2. The number of aliphatic hydroxyl groups excluding tert-OH is 1. The molecule has 0 aromatic rings. The molecule has 17 heavy (non-hydrogen) atoms. The second kappa shape index (κ2) is 2.97. The molecule has 2 nitrogen and oxygen atoms in total. The van der Waals surface area contributed by atoms with Gasteiger partial charge in [0.1, 0.15) is 0 Å². The first-order valence-electron chi connectivity index (χ1n) is 6.86. The summed E-state index contributed by atoms with van der Waals surface area (Å²) in [6, 6.07) is 0. The first kappa shape index (κ1) is 11.7. The topological polar surface area (TPSA) is 40.5 Å². The van der Waals surface area contributed by atoms with Crippen molar-refractivity contribution in [2.24, 2.45) is 22.7 Å². The van der Waals surface area contributed by atoms with Gasteiger partial charge in [0.15, 0.2) is 0 Å². The largest absolute Gasteiger partial charge is 0.392 e. The lowest BCUT2D eigenvalue weighted by Crippen LogP contribution is -2.55. The van der Waals surface area contributed by atoms with Crippen LogP contribution >= 0.6 is 0 Å². The van der Waals surface area contributed by atoms with Crippen molar-refractivity contribution in [1.82, 2.24) is 0 Å². The zero-order chi connectivity index (χ0) is 12.6. The van der Waals surface area contributed by atoms with Crippen molar-refractivity contribution in [2.45, 2.75) is 58.7 Å². The maximum Gasteiger partial charge on any atom is 0.0800 e. The Morgan fingerprint density at radius 2 is 2.00 bits per heavy atom. The highest BCUT2D eigenvalue weighted by atomic mass is 16.3. The lowest BCUT2D eigenvalue weighted by molar-refractivity contribution is -0.114. The van der Waals surface area contributed by atoms with E-state index in [1.54, 1.807) is 0 Å². The Kier molecular flexibility index (Phi) is 2.05. The first-order chi connectivity index (χ1) is 7.78. The van der Waals surface area contributed by atoms with Crippen LogP contribution in [0.3, 0.4) is 0 Å². The molecule has 3 aliphatic carbocycles. The number of hydrogen-bond donors (Lipinski definition) is 2. The van der Waals surface area contributed by atoms with Crippen LogP contribution in [-0.4, -0.2) is 21.9 Å². The summed E-state index contributed by atoms with van der Waals surface area (Å²) in [5.41, 5.74) is 0.126. The van der Waals surface area contributed by atoms with E-state index in [1.165, 1.54) is 5.57 Å². The molecule has 3 rings (SSSR count). The minimum Gasteiger partial charge on any atom is -0.392 e. The van der Waals surface area contributed by atoms with Gasteiger partial charge in [0, 0.05) is 0 Å². The number of rotatable bonds is 0. The third-order valence-electron chi connectivity index (χ3n) is 6.50. The zero-order valence-electron chi connectivity index (χ0n) is 11.3. The molecule has 2 bridgehead atoms. The summed E-state index contributed by atoms with van der Waals surface area (Å²) in [6.07, 6.45) is 4.51. The van der Waals surface area contributed by atoms with E-state index < -0.39 is 11.0 Å². The average molecular weight is 236 g/mol. The molecule has 1 spiro atoms. The molecule has 0 saturated heterocycles. The predicted octanol–water partition coefficient (Wildman–Crippen LogP) is 2.50. The quantitative estimate of drug-likeness (QED) is 0.634. The number of fused-ring (bicyclic) bond motifs is 1. The summed E-state index contributed by atoms with van der Waals surface area (Å²) in [5.74, 6) is 0.705. The highest BCUT2D eigenvalue weighted by Crippen LogP contribution is 2.74. The summed E-state index contributed by atoms with van der Waals surface area (Å²) in [5, 5.41) is 21.9. The van der Waals surface area contributed by atoms with Crippen molar-refractivity contribution in [3.8, 4) is 0 Å². The molecule has 0 aliphatic heterocycles. The summed E-state index contributed by atoms with van der Waals surface area (Å²) >= 11 is 0. The van der Waals surface area contributed by atoms with Gasteiger partial charge in [-0.15, -0.1) is 0 Å². The second-order valence-electron chi connectivity index (χ2n) is 7.13. The zero-order valence-corrected chi connectivity index (χ0v) is 11.3. The Morgan fingerprint density at radius 3 is 2.65 bits per heavy atom. The number of allylic oxidation sites excluding steroid dienone is 1. The van der Waals surface area contributed by atoms with Crippen molar-refractivity contribution in [1.29, 1.82) is 0 Å². The van der Waals surface area contributed by atoms with Crippen LogP contribution in [0.2, 0.25) is 0 Å². The van der Waals surface area contributed by atoms with E-state index in [0.717, 1.165) is 19.3 Å². The normalized spacial score (nSPS) is 55.6. The van der Waals surface area contributed by atoms with Gasteiger partial charge in [-0.25, -0.2) is 0 Å². The molecule has 0 amide bonds. The van der Waals surface area contributed by atoms with Crippen LogP contribution < -0.4 is 0 Å². The minimum absolute atomic E-state index is 0.00472. The van der Waals surface area contributed by atoms with Gasteiger partial charge >= 0.3 is 0 Å². The molecule has 96 valence electrons. The van der Waals surface area contributed by atoms with Gasteiger partial charge in [-0.1, -0.05) is 32.4 Å². The summed E-state index contributed by atoms with van der Waals surface area (Å²) in [6.45, 7) is 8.69. The van der Waals surface area contributed by atoms with E-state index in [-0.39, 0.29) is 17.4 Å². The molecular weight excluding hydrogens is 212 g/mol. The van der Waals surface area contributed by atoms with E-state index in [0.29, 0.717) is 5.92 Å². The Hall–Kier alpha value is -0.340. The first-order valence-corrected chi connectivity index (χ1v) is 6.86. The molecule has 0 aromatic carbocycles. The van der Waals surface area contributed by atoms with Gasteiger partial charge in [-0.3, -0.25) is 0 Å². The van der Waals surface area contributed by atoms with E-state index in [4.69, 9.17) is 0 Å². The van der Waals surface area contributed by atoms with Gasteiger partial charge < -0.3 is 10.2 Å². The van der Waals surface area contributed by atoms with Crippen LogP contribution in [0.1, 0.15) is 47.0 Å². The van der Waals surface area contributed by atoms with Gasteiger partial charge in [0.25, 0.3) is 0 Å². The average Bonchev–Trinajstić information content (AvgIpc) is 2.45. The Balaban J connectivity index is 2.29. The van der Waals surface area contributed by atoms with E-state index in [2.05, 4.69) is 33.8 Å². The van der Waals surface area contributed by atoms with Gasteiger partial charge in [-0.05, 0) is 43.4 Å². The third-order valence-corrected chi connectivity index (χ3v) is 6.50. The van der Waals surface area contributed by atoms with Crippen LogP contribution in [0.4, 0.5) is 0 Å². The molecular formula is C15H24O2. The predicted molar refractivity (Wildman–Crippen MR) is 67.4 cm³/mol. The molecule has 2 heteroatoms. The van der Waals surface area contributed by atoms with Crippen LogP contribution in [0.25, 0.3) is 0 Å². The van der Waals surface area contributed by atoms with Crippen molar-refractivity contribution in [3.63, 3.8) is 0 Å².